The molecule has 5 saturated carbocycles. The molecule has 2 N–H and O–H groups in total. The molecular weight excluding hydrogens is 649 g/mol. The monoisotopic (exact) mass is 719 g/mol. The number of carboxylic acids is 1. The van der Waals surface area contributed by atoms with E-state index < -0.39 is 5.97 Å². The van der Waals surface area contributed by atoms with Crippen molar-refractivity contribution in [1.82, 2.24) is 10.2 Å². The predicted molar refractivity (Wildman–Crippen MR) is 204 cm³/mol. The molecule has 1 amide bonds. The second-order valence-electron chi connectivity index (χ2n) is 20.7. The molecule has 1 saturated heterocycles. The van der Waals surface area contributed by atoms with Crippen LogP contribution in [-0.4, -0.2) is 59.6 Å². The Hall–Kier alpha value is -2.02. The van der Waals surface area contributed by atoms with Crippen LogP contribution in [0.25, 0.3) is 0 Å². The Morgan fingerprint density at radius 3 is 2.27 bits per heavy atom. The Labute approximate surface area is 314 Å². The fourth-order valence-electron chi connectivity index (χ4n) is 14.9. The van der Waals surface area contributed by atoms with Crippen LogP contribution in [0.2, 0.25) is 0 Å². The average molecular weight is 719 g/mol. The smallest absolute Gasteiger partial charge is 0.306 e. The summed E-state index contributed by atoms with van der Waals surface area (Å²) in [6.07, 6.45) is 15.6. The fraction of sp³-hybridized carbons (Fsp3) is 0.867. The third-order valence-corrected chi connectivity index (χ3v) is 17.7. The summed E-state index contributed by atoms with van der Waals surface area (Å²) in [5.41, 5.74) is 3.07. The standard InChI is InChI=1S/C45H70N2O5/c1-27(2)39-35(49)25-45(19-20-46-38(50)26-47-21-9-8-10-22-47)18-14-33-30(40(39)45)11-12-37-43(33,6)17-15-36-42(4,5)29(13-16-44(36,37)7)23-34(48)31-24-32(28(31)3)41(51)52/h27-33,36-37H,8-26H2,1-7H3,(H,46,50)(H,51,52). The Balaban J connectivity index is 1.06. The normalized spacial score (nSPS) is 42.8. The van der Waals surface area contributed by atoms with E-state index in [9.17, 15) is 24.3 Å². The molecule has 11 unspecified atom stereocenters. The molecular formula is C45H70N2O5. The van der Waals surface area contributed by atoms with E-state index in [2.05, 4.69) is 51.8 Å². The summed E-state index contributed by atoms with van der Waals surface area (Å²) in [5.74, 6) is 2.41. The van der Waals surface area contributed by atoms with Gasteiger partial charge in [-0.15, -0.1) is 0 Å². The highest BCUT2D eigenvalue weighted by atomic mass is 16.4. The van der Waals surface area contributed by atoms with Crippen LogP contribution in [0.15, 0.2) is 11.1 Å². The van der Waals surface area contributed by atoms with Gasteiger partial charge in [0.2, 0.25) is 5.91 Å². The quantitative estimate of drug-likeness (QED) is 0.235. The zero-order valence-electron chi connectivity index (χ0n) is 33.7. The summed E-state index contributed by atoms with van der Waals surface area (Å²) in [4.78, 5) is 54.4. The lowest BCUT2D eigenvalue weighted by Gasteiger charge is -2.69. The Kier molecular flexibility index (Phi) is 10.2. The molecule has 0 aromatic heterocycles. The molecule has 0 aromatic rings. The van der Waals surface area contributed by atoms with Gasteiger partial charge in [-0.05, 0) is 153 Å². The van der Waals surface area contributed by atoms with Crippen LogP contribution in [0, 0.1) is 74.9 Å². The summed E-state index contributed by atoms with van der Waals surface area (Å²) in [6, 6.07) is 0. The SMILES string of the molecule is CC(C)C1=C2C3CCC4C(C)(CCC5C(C)(C)C(CC(=O)C6CC(C(=O)O)C6C)CCC54C)C3CCC2(CCNC(=O)CN2CCCCC2)CC1=O. The fourth-order valence-corrected chi connectivity index (χ4v) is 14.9. The molecule has 0 aromatic carbocycles. The number of allylic oxidation sites excluding steroid dienone is 2. The third kappa shape index (κ3) is 6.17. The molecule has 1 aliphatic heterocycles. The number of fused-ring (bicyclic) bond motifs is 7. The van der Waals surface area contributed by atoms with Crippen molar-refractivity contribution < 1.29 is 24.3 Å². The summed E-state index contributed by atoms with van der Waals surface area (Å²) < 4.78 is 0. The van der Waals surface area contributed by atoms with Crippen molar-refractivity contribution in [3.05, 3.63) is 11.1 Å². The minimum atomic E-state index is -0.753. The number of piperidine rings is 1. The average Bonchev–Trinajstić information content (AvgIpc) is 3.37. The van der Waals surface area contributed by atoms with E-state index in [0.717, 1.165) is 37.9 Å². The van der Waals surface area contributed by atoms with E-state index >= 15 is 0 Å². The van der Waals surface area contributed by atoms with Crippen LogP contribution in [0.1, 0.15) is 145 Å². The van der Waals surface area contributed by atoms with Gasteiger partial charge in [0, 0.05) is 30.7 Å². The first-order valence-corrected chi connectivity index (χ1v) is 21.6. The summed E-state index contributed by atoms with van der Waals surface area (Å²) in [5, 5.41) is 12.8. The maximum atomic E-state index is 13.9. The number of carbonyl (C=O) groups excluding carboxylic acids is 3. The van der Waals surface area contributed by atoms with Gasteiger partial charge in [0.05, 0.1) is 12.5 Å². The van der Waals surface area contributed by atoms with Gasteiger partial charge in [-0.25, -0.2) is 0 Å². The maximum absolute atomic E-state index is 13.9. The molecule has 7 rings (SSSR count). The van der Waals surface area contributed by atoms with E-state index in [4.69, 9.17) is 0 Å². The molecule has 7 nitrogen and oxygen atoms in total. The molecule has 6 aliphatic carbocycles. The third-order valence-electron chi connectivity index (χ3n) is 17.7. The molecule has 7 heteroatoms. The molecule has 1 heterocycles. The van der Waals surface area contributed by atoms with Crippen LogP contribution in [0.5, 0.6) is 0 Å². The number of amides is 1. The number of aliphatic carboxylic acids is 1. The van der Waals surface area contributed by atoms with Crippen LogP contribution in [0.3, 0.4) is 0 Å². The number of carbonyl (C=O) groups is 4. The highest BCUT2D eigenvalue weighted by Crippen LogP contribution is 2.74. The number of hydrogen-bond donors (Lipinski definition) is 2. The van der Waals surface area contributed by atoms with Crippen LogP contribution < -0.4 is 5.32 Å². The second-order valence-corrected chi connectivity index (χ2v) is 20.7. The van der Waals surface area contributed by atoms with Crippen molar-refractivity contribution in [2.45, 2.75) is 145 Å². The van der Waals surface area contributed by atoms with Gasteiger partial charge < -0.3 is 10.4 Å². The highest BCUT2D eigenvalue weighted by molar-refractivity contribution is 6.00. The van der Waals surface area contributed by atoms with Gasteiger partial charge >= 0.3 is 5.97 Å². The number of likely N-dealkylation sites (tertiary alicyclic amines) is 1. The van der Waals surface area contributed by atoms with E-state index in [0.29, 0.717) is 73.5 Å². The van der Waals surface area contributed by atoms with E-state index in [1.54, 1.807) is 0 Å². The summed E-state index contributed by atoms with van der Waals surface area (Å²) in [7, 11) is 0. The molecule has 11 atom stereocenters. The topological polar surface area (TPSA) is 104 Å². The Morgan fingerprint density at radius 1 is 0.885 bits per heavy atom. The lowest BCUT2D eigenvalue weighted by molar-refractivity contribution is -0.193. The molecule has 7 aliphatic rings. The van der Waals surface area contributed by atoms with Crippen molar-refractivity contribution >= 4 is 23.4 Å². The first-order chi connectivity index (χ1) is 24.5. The number of ketones is 2. The van der Waals surface area contributed by atoms with Gasteiger partial charge in [0.15, 0.2) is 5.78 Å². The molecule has 0 spiro atoms. The summed E-state index contributed by atoms with van der Waals surface area (Å²) >= 11 is 0. The van der Waals surface area contributed by atoms with E-state index in [1.165, 1.54) is 63.4 Å². The van der Waals surface area contributed by atoms with Gasteiger partial charge in [0.1, 0.15) is 5.78 Å². The van der Waals surface area contributed by atoms with Gasteiger partial charge in [0.25, 0.3) is 0 Å². The number of nitrogens with one attached hydrogen (secondary N) is 1. The predicted octanol–water partition coefficient (Wildman–Crippen LogP) is 8.50. The number of nitrogens with zero attached hydrogens (tertiary/aromatic N) is 1. The van der Waals surface area contributed by atoms with Gasteiger partial charge in [-0.2, -0.15) is 0 Å². The molecule has 52 heavy (non-hydrogen) atoms. The van der Waals surface area contributed by atoms with E-state index in [-0.39, 0.29) is 51.2 Å². The van der Waals surface area contributed by atoms with Crippen molar-refractivity contribution in [2.75, 3.05) is 26.2 Å². The lowest BCUT2D eigenvalue weighted by atomic mass is 9.35. The Morgan fingerprint density at radius 2 is 1.60 bits per heavy atom. The number of carboxylic acid groups (broad SMARTS) is 1. The number of Topliss-reactive ketones (excluding diaryl/α,β-unsaturated/α-hetero) is 2. The number of hydrogen-bond acceptors (Lipinski definition) is 5. The van der Waals surface area contributed by atoms with Gasteiger partial charge in [-0.3, -0.25) is 24.1 Å². The van der Waals surface area contributed by atoms with Crippen LogP contribution >= 0.6 is 0 Å². The second kappa shape index (κ2) is 13.9. The van der Waals surface area contributed by atoms with Crippen LogP contribution in [-0.2, 0) is 19.2 Å². The highest BCUT2D eigenvalue weighted by Gasteiger charge is 2.66. The molecule has 0 radical (unpaired) electrons. The lowest BCUT2D eigenvalue weighted by Crippen LogP contribution is -2.62. The minimum Gasteiger partial charge on any atom is -0.481 e. The minimum absolute atomic E-state index is 0.0496. The first-order valence-electron chi connectivity index (χ1n) is 21.6. The van der Waals surface area contributed by atoms with Gasteiger partial charge in [-0.1, -0.05) is 60.5 Å². The van der Waals surface area contributed by atoms with E-state index in [1.807, 2.05) is 6.92 Å². The van der Waals surface area contributed by atoms with Crippen molar-refractivity contribution in [3.63, 3.8) is 0 Å². The molecule has 0 bridgehead atoms. The van der Waals surface area contributed by atoms with Crippen molar-refractivity contribution in [1.29, 1.82) is 0 Å². The Bertz CT molecular complexity index is 1480. The number of rotatable bonds is 10. The zero-order chi connectivity index (χ0) is 37.4. The van der Waals surface area contributed by atoms with Crippen molar-refractivity contribution in [2.24, 2.45) is 74.9 Å². The zero-order valence-corrected chi connectivity index (χ0v) is 33.7. The molecule has 6 fully saturated rings. The summed E-state index contributed by atoms with van der Waals surface area (Å²) in [6.45, 7) is 19.8. The van der Waals surface area contributed by atoms with Crippen molar-refractivity contribution in [3.8, 4) is 0 Å². The van der Waals surface area contributed by atoms with Crippen LogP contribution in [0.4, 0.5) is 0 Å². The largest absolute Gasteiger partial charge is 0.481 e. The first kappa shape index (κ1) is 38.3. The maximum Gasteiger partial charge on any atom is 0.306 e. The molecule has 290 valence electrons.